The molecule has 1 saturated carbocycles. The Hall–Kier alpha value is -0.750. The molecule has 1 heterocycles. The molecule has 1 N–H and O–H groups in total. The average Bonchev–Trinajstić information content (AvgIpc) is 2.89. The molecule has 1 saturated heterocycles. The molecule has 1 amide bonds. The van der Waals surface area contributed by atoms with Gasteiger partial charge in [0.1, 0.15) is 6.61 Å². The minimum atomic E-state index is -2.49. The van der Waals surface area contributed by atoms with Gasteiger partial charge >= 0.3 is 0 Å². The maximum Gasteiger partial charge on any atom is 0.261 e. The molecule has 0 aromatic rings. The SMILES string of the molecule is O=C(CCOCC(F)F)N1CCCCC1C1CCCC1O. The van der Waals surface area contributed by atoms with E-state index in [4.69, 9.17) is 4.74 Å². The van der Waals surface area contributed by atoms with Crippen LogP contribution in [0.2, 0.25) is 0 Å². The summed E-state index contributed by atoms with van der Waals surface area (Å²) >= 11 is 0. The molecule has 2 fully saturated rings. The van der Waals surface area contributed by atoms with Crippen LogP contribution in [-0.2, 0) is 9.53 Å². The molecule has 0 spiro atoms. The highest BCUT2D eigenvalue weighted by Gasteiger charge is 2.38. The van der Waals surface area contributed by atoms with E-state index in [0.29, 0.717) is 6.54 Å². The van der Waals surface area contributed by atoms with E-state index in [1.54, 1.807) is 0 Å². The van der Waals surface area contributed by atoms with Gasteiger partial charge in [-0.3, -0.25) is 4.79 Å². The molecule has 0 aromatic carbocycles. The number of likely N-dealkylation sites (tertiary alicyclic amines) is 1. The predicted octanol–water partition coefficient (Wildman–Crippen LogP) is 2.20. The molecule has 0 bridgehead atoms. The van der Waals surface area contributed by atoms with Crippen LogP contribution in [0.4, 0.5) is 8.78 Å². The molecule has 6 heteroatoms. The van der Waals surface area contributed by atoms with E-state index in [9.17, 15) is 18.7 Å². The van der Waals surface area contributed by atoms with Gasteiger partial charge in [0.25, 0.3) is 6.43 Å². The van der Waals surface area contributed by atoms with Crippen molar-refractivity contribution in [2.75, 3.05) is 19.8 Å². The van der Waals surface area contributed by atoms with E-state index in [2.05, 4.69) is 0 Å². The van der Waals surface area contributed by atoms with Gasteiger partial charge in [-0.2, -0.15) is 0 Å². The Bertz CT molecular complexity index is 341. The fourth-order valence-corrected chi connectivity index (χ4v) is 3.61. The quantitative estimate of drug-likeness (QED) is 0.765. The highest BCUT2D eigenvalue weighted by atomic mass is 19.3. The topological polar surface area (TPSA) is 49.8 Å². The Labute approximate surface area is 124 Å². The van der Waals surface area contributed by atoms with E-state index in [-0.39, 0.29) is 37.0 Å². The summed E-state index contributed by atoms with van der Waals surface area (Å²) in [6.07, 6.45) is 3.15. The van der Waals surface area contributed by atoms with Gasteiger partial charge in [-0.25, -0.2) is 8.78 Å². The first-order valence-corrected chi connectivity index (χ1v) is 7.93. The molecule has 3 unspecified atom stereocenters. The van der Waals surface area contributed by atoms with Crippen molar-refractivity contribution in [3.8, 4) is 0 Å². The minimum absolute atomic E-state index is 0.0342. The molecule has 3 atom stereocenters. The van der Waals surface area contributed by atoms with E-state index in [1.807, 2.05) is 4.90 Å². The molecule has 4 nitrogen and oxygen atoms in total. The monoisotopic (exact) mass is 305 g/mol. The summed E-state index contributed by atoms with van der Waals surface area (Å²) in [5.41, 5.74) is 0. The maximum atomic E-state index is 12.3. The second kappa shape index (κ2) is 8.03. The fourth-order valence-electron chi connectivity index (χ4n) is 3.61. The third-order valence-electron chi connectivity index (χ3n) is 4.60. The van der Waals surface area contributed by atoms with Gasteiger partial charge in [0.15, 0.2) is 0 Å². The van der Waals surface area contributed by atoms with Gasteiger partial charge in [-0.15, -0.1) is 0 Å². The van der Waals surface area contributed by atoms with Crippen LogP contribution in [0.1, 0.15) is 44.9 Å². The lowest BCUT2D eigenvalue weighted by atomic mass is 9.87. The van der Waals surface area contributed by atoms with Gasteiger partial charge in [0, 0.05) is 18.5 Å². The number of amides is 1. The highest BCUT2D eigenvalue weighted by Crippen LogP contribution is 2.35. The smallest absolute Gasteiger partial charge is 0.261 e. The molecule has 1 aliphatic heterocycles. The van der Waals surface area contributed by atoms with Crippen molar-refractivity contribution in [1.82, 2.24) is 4.90 Å². The Kier molecular flexibility index (Phi) is 6.36. The van der Waals surface area contributed by atoms with Crippen LogP contribution >= 0.6 is 0 Å². The molecular formula is C15H25F2NO3. The van der Waals surface area contributed by atoms with Crippen molar-refractivity contribution in [1.29, 1.82) is 0 Å². The molecule has 0 aromatic heterocycles. The zero-order valence-corrected chi connectivity index (χ0v) is 12.3. The summed E-state index contributed by atoms with van der Waals surface area (Å²) in [6.45, 7) is 0.138. The van der Waals surface area contributed by atoms with Crippen LogP contribution in [0.25, 0.3) is 0 Å². The molecule has 0 radical (unpaired) electrons. The zero-order valence-electron chi connectivity index (χ0n) is 12.3. The summed E-state index contributed by atoms with van der Waals surface area (Å²) < 4.78 is 28.7. The zero-order chi connectivity index (χ0) is 15.2. The van der Waals surface area contributed by atoms with Crippen molar-refractivity contribution in [2.45, 2.75) is 63.5 Å². The number of carbonyl (C=O) groups is 1. The maximum absolute atomic E-state index is 12.3. The fraction of sp³-hybridized carbons (Fsp3) is 0.933. The largest absolute Gasteiger partial charge is 0.393 e. The van der Waals surface area contributed by atoms with Crippen LogP contribution in [0.5, 0.6) is 0 Å². The van der Waals surface area contributed by atoms with Crippen LogP contribution < -0.4 is 0 Å². The van der Waals surface area contributed by atoms with Gasteiger partial charge < -0.3 is 14.7 Å². The van der Waals surface area contributed by atoms with Crippen LogP contribution in [0, 0.1) is 5.92 Å². The number of carbonyl (C=O) groups excluding carboxylic acids is 1. The number of hydrogen-bond acceptors (Lipinski definition) is 3. The predicted molar refractivity (Wildman–Crippen MR) is 74.1 cm³/mol. The number of ether oxygens (including phenoxy) is 1. The Morgan fingerprint density at radius 3 is 2.71 bits per heavy atom. The average molecular weight is 305 g/mol. The number of rotatable bonds is 6. The first kappa shape index (κ1) is 16.6. The van der Waals surface area contributed by atoms with E-state index in [1.165, 1.54) is 0 Å². The van der Waals surface area contributed by atoms with Crippen molar-refractivity contribution in [2.24, 2.45) is 5.92 Å². The Morgan fingerprint density at radius 2 is 2.05 bits per heavy atom. The lowest BCUT2D eigenvalue weighted by Gasteiger charge is -2.40. The number of nitrogens with zero attached hydrogens (tertiary/aromatic N) is 1. The minimum Gasteiger partial charge on any atom is -0.393 e. The highest BCUT2D eigenvalue weighted by molar-refractivity contribution is 5.76. The van der Waals surface area contributed by atoms with Crippen LogP contribution in [0.15, 0.2) is 0 Å². The summed E-state index contributed by atoms with van der Waals surface area (Å²) in [5.74, 6) is 0.143. The van der Waals surface area contributed by atoms with E-state index < -0.39 is 13.0 Å². The second-order valence-electron chi connectivity index (χ2n) is 6.03. The van der Waals surface area contributed by atoms with Crippen LogP contribution in [0.3, 0.4) is 0 Å². The second-order valence-corrected chi connectivity index (χ2v) is 6.03. The number of aliphatic hydroxyl groups excluding tert-OH is 1. The van der Waals surface area contributed by atoms with Gasteiger partial charge in [-0.1, -0.05) is 6.42 Å². The van der Waals surface area contributed by atoms with E-state index in [0.717, 1.165) is 38.5 Å². The molecule has 2 rings (SSSR count). The first-order valence-electron chi connectivity index (χ1n) is 7.93. The molecule has 122 valence electrons. The Balaban J connectivity index is 1.84. The van der Waals surface area contributed by atoms with Crippen LogP contribution in [-0.4, -0.2) is 54.2 Å². The summed E-state index contributed by atoms with van der Waals surface area (Å²) in [6, 6.07) is 0.110. The van der Waals surface area contributed by atoms with Gasteiger partial charge in [0.05, 0.1) is 19.1 Å². The standard InChI is InChI=1S/C15H25F2NO3/c16-14(17)10-21-9-7-15(20)18-8-2-1-5-12(18)11-4-3-6-13(11)19/h11-14,19H,1-10H2. The van der Waals surface area contributed by atoms with Crippen molar-refractivity contribution < 1.29 is 23.4 Å². The lowest BCUT2D eigenvalue weighted by Crippen LogP contribution is -2.49. The van der Waals surface area contributed by atoms with Crippen molar-refractivity contribution >= 4 is 5.91 Å². The number of alkyl halides is 2. The Morgan fingerprint density at radius 1 is 1.24 bits per heavy atom. The summed E-state index contributed by atoms with van der Waals surface area (Å²) in [7, 11) is 0. The molecule has 21 heavy (non-hydrogen) atoms. The third-order valence-corrected chi connectivity index (χ3v) is 4.60. The lowest BCUT2D eigenvalue weighted by molar-refractivity contribution is -0.138. The molecule has 2 aliphatic rings. The van der Waals surface area contributed by atoms with Crippen molar-refractivity contribution in [3.63, 3.8) is 0 Å². The number of halogens is 2. The summed E-state index contributed by atoms with van der Waals surface area (Å²) in [5, 5.41) is 10.1. The van der Waals surface area contributed by atoms with Gasteiger partial charge in [-0.05, 0) is 32.1 Å². The summed E-state index contributed by atoms with van der Waals surface area (Å²) in [4.78, 5) is 14.1. The number of aliphatic hydroxyl groups is 1. The van der Waals surface area contributed by atoms with Gasteiger partial charge in [0.2, 0.25) is 5.91 Å². The molecule has 1 aliphatic carbocycles. The number of piperidine rings is 1. The van der Waals surface area contributed by atoms with E-state index >= 15 is 0 Å². The normalized spacial score (nSPS) is 30.1. The number of hydrogen-bond donors (Lipinski definition) is 1. The third kappa shape index (κ3) is 4.61. The first-order chi connectivity index (χ1) is 10.1. The molecular weight excluding hydrogens is 280 g/mol. The van der Waals surface area contributed by atoms with Crippen molar-refractivity contribution in [3.05, 3.63) is 0 Å².